The Morgan fingerprint density at radius 2 is 2.39 bits per heavy atom. The van der Waals surface area contributed by atoms with Crippen molar-refractivity contribution in [3.8, 4) is 5.75 Å². The van der Waals surface area contributed by atoms with Crippen LogP contribution in [0.1, 0.15) is 25.3 Å². The molecule has 1 aliphatic rings. The van der Waals surface area contributed by atoms with Crippen molar-refractivity contribution in [2.75, 3.05) is 20.7 Å². The van der Waals surface area contributed by atoms with Gasteiger partial charge in [0.15, 0.2) is 0 Å². The molecule has 0 spiro atoms. The number of carbonyl (C=O) groups is 1. The van der Waals surface area contributed by atoms with Gasteiger partial charge in [0.1, 0.15) is 11.4 Å². The van der Waals surface area contributed by atoms with Crippen LogP contribution in [0.4, 0.5) is 0 Å². The zero-order valence-corrected chi connectivity index (χ0v) is 13.7. The van der Waals surface area contributed by atoms with Crippen molar-refractivity contribution in [3.05, 3.63) is 36.3 Å². The van der Waals surface area contributed by atoms with E-state index in [1.807, 2.05) is 32.4 Å². The smallest absolute Gasteiger partial charge is 0.220 e. The Morgan fingerprint density at radius 3 is 3.09 bits per heavy atom. The van der Waals surface area contributed by atoms with Crippen LogP contribution in [-0.2, 0) is 10.3 Å². The SMILES string of the molecule is CCC(=O)NC1(c2c[nH]c3nccc(OC)c23)CC=CN(C)C1. The number of hydrogen-bond acceptors (Lipinski definition) is 4. The maximum absolute atomic E-state index is 12.2. The highest BCUT2D eigenvalue weighted by Gasteiger charge is 2.38. The monoisotopic (exact) mass is 314 g/mol. The standard InChI is InChI=1S/C17H22N4O2/c1-4-14(22)20-17(7-5-9-21(2)11-17)12-10-19-16-15(12)13(23-3)6-8-18-16/h5-6,8-10H,4,7,11H2,1-3H3,(H,18,19)(H,20,22). The highest BCUT2D eigenvalue weighted by Crippen LogP contribution is 2.38. The molecule has 1 aliphatic heterocycles. The first-order chi connectivity index (χ1) is 11.1. The van der Waals surface area contributed by atoms with Gasteiger partial charge in [0, 0.05) is 38.0 Å². The van der Waals surface area contributed by atoms with Gasteiger partial charge in [-0.1, -0.05) is 13.0 Å². The second-order valence-electron chi connectivity index (χ2n) is 5.93. The van der Waals surface area contributed by atoms with E-state index < -0.39 is 5.54 Å². The van der Waals surface area contributed by atoms with E-state index >= 15 is 0 Å². The summed E-state index contributed by atoms with van der Waals surface area (Å²) in [6, 6.07) is 1.84. The topological polar surface area (TPSA) is 70.2 Å². The van der Waals surface area contributed by atoms with E-state index in [1.54, 1.807) is 13.3 Å². The van der Waals surface area contributed by atoms with Gasteiger partial charge in [-0.15, -0.1) is 0 Å². The minimum absolute atomic E-state index is 0.0332. The fourth-order valence-corrected chi connectivity index (χ4v) is 3.26. The number of pyridine rings is 1. The quantitative estimate of drug-likeness (QED) is 0.907. The van der Waals surface area contributed by atoms with E-state index in [2.05, 4.69) is 26.3 Å². The molecule has 1 atom stereocenters. The summed E-state index contributed by atoms with van der Waals surface area (Å²) in [5.74, 6) is 0.791. The van der Waals surface area contributed by atoms with Crippen molar-refractivity contribution >= 4 is 16.9 Å². The number of methoxy groups -OCH3 is 1. The molecule has 0 bridgehead atoms. The van der Waals surface area contributed by atoms with Crippen LogP contribution in [-0.4, -0.2) is 41.5 Å². The predicted molar refractivity (Wildman–Crippen MR) is 89.1 cm³/mol. The van der Waals surface area contributed by atoms with E-state index in [9.17, 15) is 4.79 Å². The van der Waals surface area contributed by atoms with E-state index in [0.29, 0.717) is 13.0 Å². The van der Waals surface area contributed by atoms with E-state index in [0.717, 1.165) is 28.8 Å². The fourth-order valence-electron chi connectivity index (χ4n) is 3.26. The summed E-state index contributed by atoms with van der Waals surface area (Å²) in [4.78, 5) is 21.8. The van der Waals surface area contributed by atoms with Crippen LogP contribution in [0.2, 0.25) is 0 Å². The highest BCUT2D eigenvalue weighted by molar-refractivity contribution is 5.88. The van der Waals surface area contributed by atoms with Gasteiger partial charge in [-0.2, -0.15) is 0 Å². The second kappa shape index (κ2) is 5.95. The van der Waals surface area contributed by atoms with Crippen molar-refractivity contribution in [2.24, 2.45) is 0 Å². The summed E-state index contributed by atoms with van der Waals surface area (Å²) in [7, 11) is 3.66. The maximum atomic E-state index is 12.2. The number of ether oxygens (including phenoxy) is 1. The van der Waals surface area contributed by atoms with Gasteiger partial charge in [0.2, 0.25) is 5.91 Å². The zero-order chi connectivity index (χ0) is 16.4. The number of carbonyl (C=O) groups excluding carboxylic acids is 1. The van der Waals surface area contributed by atoms with Crippen LogP contribution < -0.4 is 10.1 Å². The summed E-state index contributed by atoms with van der Waals surface area (Å²) in [6.07, 6.45) is 8.96. The van der Waals surface area contributed by atoms with Crippen LogP contribution in [0.5, 0.6) is 5.75 Å². The van der Waals surface area contributed by atoms with Crippen molar-refractivity contribution < 1.29 is 9.53 Å². The van der Waals surface area contributed by atoms with Gasteiger partial charge in [-0.3, -0.25) is 4.79 Å². The molecule has 0 fully saturated rings. The van der Waals surface area contributed by atoms with E-state index in [-0.39, 0.29) is 5.91 Å². The molecule has 2 aromatic heterocycles. The zero-order valence-electron chi connectivity index (χ0n) is 13.7. The summed E-state index contributed by atoms with van der Waals surface area (Å²) >= 11 is 0. The maximum Gasteiger partial charge on any atom is 0.220 e. The number of aromatic nitrogens is 2. The van der Waals surface area contributed by atoms with Crippen molar-refractivity contribution in [2.45, 2.75) is 25.3 Å². The molecule has 0 radical (unpaired) electrons. The Kier molecular flexibility index (Phi) is 3.98. The van der Waals surface area contributed by atoms with Gasteiger partial charge < -0.3 is 19.9 Å². The van der Waals surface area contributed by atoms with Gasteiger partial charge >= 0.3 is 0 Å². The molecular weight excluding hydrogens is 292 g/mol. The van der Waals surface area contributed by atoms with Gasteiger partial charge in [0.05, 0.1) is 18.0 Å². The molecule has 3 rings (SSSR count). The lowest BCUT2D eigenvalue weighted by atomic mass is 9.84. The van der Waals surface area contributed by atoms with Gasteiger partial charge in [0.25, 0.3) is 0 Å². The lowest BCUT2D eigenvalue weighted by Gasteiger charge is -2.40. The van der Waals surface area contributed by atoms with Crippen LogP contribution in [0.25, 0.3) is 11.0 Å². The molecule has 1 amide bonds. The van der Waals surface area contributed by atoms with Crippen molar-refractivity contribution in [1.29, 1.82) is 0 Å². The van der Waals surface area contributed by atoms with Crippen molar-refractivity contribution in [3.63, 3.8) is 0 Å². The minimum Gasteiger partial charge on any atom is -0.496 e. The molecule has 3 heterocycles. The molecule has 6 nitrogen and oxygen atoms in total. The van der Waals surface area contributed by atoms with Crippen LogP contribution in [0.15, 0.2) is 30.7 Å². The van der Waals surface area contributed by atoms with Crippen LogP contribution in [0, 0.1) is 0 Å². The molecule has 6 heteroatoms. The Labute approximate surface area is 135 Å². The molecular formula is C17H22N4O2. The number of amides is 1. The number of aromatic amines is 1. The number of likely N-dealkylation sites (N-methyl/N-ethyl adjacent to an activating group) is 1. The largest absolute Gasteiger partial charge is 0.496 e. The highest BCUT2D eigenvalue weighted by atomic mass is 16.5. The molecule has 0 aromatic carbocycles. The molecule has 0 aliphatic carbocycles. The predicted octanol–water partition coefficient (Wildman–Crippen LogP) is 2.14. The molecule has 122 valence electrons. The first kappa shape index (κ1) is 15.4. The minimum atomic E-state index is -0.495. The van der Waals surface area contributed by atoms with Crippen molar-refractivity contribution in [1.82, 2.24) is 20.2 Å². The number of rotatable bonds is 4. The lowest BCUT2D eigenvalue weighted by molar-refractivity contribution is -0.123. The van der Waals surface area contributed by atoms with Gasteiger partial charge in [-0.05, 0) is 18.7 Å². The fraction of sp³-hybridized carbons (Fsp3) is 0.412. The lowest BCUT2D eigenvalue weighted by Crippen LogP contribution is -2.52. The summed E-state index contributed by atoms with van der Waals surface area (Å²) in [5, 5.41) is 4.15. The Morgan fingerprint density at radius 1 is 1.57 bits per heavy atom. The summed E-state index contributed by atoms with van der Waals surface area (Å²) in [6.45, 7) is 2.56. The third-order valence-corrected chi connectivity index (χ3v) is 4.32. The molecule has 23 heavy (non-hydrogen) atoms. The number of nitrogens with zero attached hydrogens (tertiary/aromatic N) is 2. The number of nitrogens with one attached hydrogen (secondary N) is 2. The van der Waals surface area contributed by atoms with Crippen LogP contribution >= 0.6 is 0 Å². The average Bonchev–Trinajstić information content (AvgIpc) is 2.99. The first-order valence-electron chi connectivity index (χ1n) is 7.78. The molecule has 0 saturated carbocycles. The third kappa shape index (κ3) is 2.65. The van der Waals surface area contributed by atoms with E-state index in [1.165, 1.54) is 0 Å². The third-order valence-electron chi connectivity index (χ3n) is 4.32. The summed E-state index contributed by atoms with van der Waals surface area (Å²) < 4.78 is 5.52. The average molecular weight is 314 g/mol. The normalized spacial score (nSPS) is 20.7. The Bertz CT molecular complexity index is 752. The number of fused-ring (bicyclic) bond motifs is 1. The Balaban J connectivity index is 2.17. The van der Waals surface area contributed by atoms with E-state index in [4.69, 9.17) is 4.74 Å². The van der Waals surface area contributed by atoms with Crippen LogP contribution in [0.3, 0.4) is 0 Å². The Hall–Kier alpha value is -2.50. The number of hydrogen-bond donors (Lipinski definition) is 2. The second-order valence-corrected chi connectivity index (χ2v) is 5.93. The molecule has 2 N–H and O–H groups in total. The number of H-pyrrole nitrogens is 1. The molecule has 1 unspecified atom stereocenters. The molecule has 2 aromatic rings. The first-order valence-corrected chi connectivity index (χ1v) is 7.78. The summed E-state index contributed by atoms with van der Waals surface area (Å²) in [5.41, 5.74) is 1.28. The molecule has 0 saturated heterocycles. The van der Waals surface area contributed by atoms with Gasteiger partial charge in [-0.25, -0.2) is 4.98 Å².